The van der Waals surface area contributed by atoms with Crippen molar-refractivity contribution in [3.63, 3.8) is 0 Å². The molecule has 0 unspecified atom stereocenters. The summed E-state index contributed by atoms with van der Waals surface area (Å²) in [5.41, 5.74) is 3.24. The lowest BCUT2D eigenvalue weighted by Gasteiger charge is -1.99. The van der Waals surface area contributed by atoms with Crippen molar-refractivity contribution in [1.82, 2.24) is 15.2 Å². The molecule has 0 aliphatic heterocycles. The number of thiazole rings is 1. The van der Waals surface area contributed by atoms with E-state index in [9.17, 15) is 4.79 Å². The minimum Gasteiger partial charge on any atom is -0.296 e. The highest BCUT2D eigenvalue weighted by atomic mass is 32.1. The summed E-state index contributed by atoms with van der Waals surface area (Å²) < 4.78 is 0. The molecule has 0 atom stereocenters. The van der Waals surface area contributed by atoms with Crippen molar-refractivity contribution in [1.29, 1.82) is 0 Å². The Morgan fingerprint density at radius 2 is 2.08 bits per heavy atom. The fourth-order valence-corrected chi connectivity index (χ4v) is 4.27. The van der Waals surface area contributed by atoms with E-state index >= 15 is 0 Å². The van der Waals surface area contributed by atoms with Crippen molar-refractivity contribution in [2.45, 2.75) is 13.8 Å². The van der Waals surface area contributed by atoms with Crippen LogP contribution in [-0.2, 0) is 0 Å². The Bertz CT molecular complexity index is 1040. The maximum absolute atomic E-state index is 12.5. The van der Waals surface area contributed by atoms with Gasteiger partial charge in [-0.1, -0.05) is 18.2 Å². The SMILES string of the molecule is Cc1cc(-c2csc(NC(=O)c3n[nH]c4ccccc34)n2)c(C)s1. The zero-order valence-electron chi connectivity index (χ0n) is 13.1. The lowest BCUT2D eigenvalue weighted by atomic mass is 10.2. The van der Waals surface area contributed by atoms with Gasteiger partial charge in [0.15, 0.2) is 10.8 Å². The molecule has 1 amide bonds. The number of para-hydroxylation sites is 1. The Balaban J connectivity index is 1.60. The highest BCUT2D eigenvalue weighted by molar-refractivity contribution is 7.14. The number of rotatable bonds is 3. The van der Waals surface area contributed by atoms with Gasteiger partial charge in [-0.3, -0.25) is 15.2 Å². The molecule has 4 aromatic rings. The molecule has 0 spiro atoms. The normalized spacial score (nSPS) is 11.1. The van der Waals surface area contributed by atoms with Gasteiger partial charge in [-0.25, -0.2) is 4.98 Å². The monoisotopic (exact) mass is 354 g/mol. The summed E-state index contributed by atoms with van der Waals surface area (Å²) in [5, 5.41) is 13.2. The Labute approximate surface area is 146 Å². The maximum Gasteiger partial charge on any atom is 0.278 e. The van der Waals surface area contributed by atoms with Crippen LogP contribution in [0.1, 0.15) is 20.2 Å². The molecule has 0 saturated carbocycles. The lowest BCUT2D eigenvalue weighted by Crippen LogP contribution is -2.12. The molecule has 0 radical (unpaired) electrons. The van der Waals surface area contributed by atoms with Crippen molar-refractivity contribution >= 4 is 44.6 Å². The Hall–Kier alpha value is -2.51. The molecule has 120 valence electrons. The summed E-state index contributed by atoms with van der Waals surface area (Å²) in [6.07, 6.45) is 0. The van der Waals surface area contributed by atoms with Crippen LogP contribution < -0.4 is 5.32 Å². The zero-order chi connectivity index (χ0) is 16.7. The minimum atomic E-state index is -0.258. The van der Waals surface area contributed by atoms with Crippen LogP contribution in [0.4, 0.5) is 5.13 Å². The van der Waals surface area contributed by atoms with E-state index < -0.39 is 0 Å². The summed E-state index contributed by atoms with van der Waals surface area (Å²) in [7, 11) is 0. The largest absolute Gasteiger partial charge is 0.296 e. The number of aryl methyl sites for hydroxylation is 2. The highest BCUT2D eigenvalue weighted by Crippen LogP contribution is 2.32. The predicted octanol–water partition coefficient (Wildman–Crippen LogP) is 4.62. The second-order valence-electron chi connectivity index (χ2n) is 5.44. The molecule has 0 aliphatic rings. The molecule has 5 nitrogen and oxygen atoms in total. The van der Waals surface area contributed by atoms with Crippen LogP contribution in [0.3, 0.4) is 0 Å². The van der Waals surface area contributed by atoms with Crippen LogP contribution in [0.2, 0.25) is 0 Å². The van der Waals surface area contributed by atoms with Gasteiger partial charge >= 0.3 is 0 Å². The number of carbonyl (C=O) groups is 1. The van der Waals surface area contributed by atoms with Crippen LogP contribution >= 0.6 is 22.7 Å². The van der Waals surface area contributed by atoms with E-state index in [1.54, 1.807) is 11.3 Å². The molecule has 4 rings (SSSR count). The zero-order valence-corrected chi connectivity index (χ0v) is 14.7. The third-order valence-electron chi connectivity index (χ3n) is 3.73. The number of aromatic nitrogens is 3. The fraction of sp³-hybridized carbons (Fsp3) is 0.118. The number of fused-ring (bicyclic) bond motifs is 1. The quantitative estimate of drug-likeness (QED) is 0.564. The molecule has 1 aromatic carbocycles. The first-order chi connectivity index (χ1) is 11.6. The van der Waals surface area contributed by atoms with Crippen molar-refractivity contribution in [2.24, 2.45) is 0 Å². The van der Waals surface area contributed by atoms with Crippen LogP contribution in [0.15, 0.2) is 35.7 Å². The predicted molar refractivity (Wildman–Crippen MR) is 98.9 cm³/mol. The van der Waals surface area contributed by atoms with Crippen molar-refractivity contribution < 1.29 is 4.79 Å². The van der Waals surface area contributed by atoms with Gasteiger partial charge in [0.05, 0.1) is 11.2 Å². The van der Waals surface area contributed by atoms with Crippen LogP contribution in [0.5, 0.6) is 0 Å². The summed E-state index contributed by atoms with van der Waals surface area (Å²) >= 11 is 3.17. The lowest BCUT2D eigenvalue weighted by molar-refractivity contribution is 0.102. The van der Waals surface area contributed by atoms with Crippen LogP contribution in [0.25, 0.3) is 22.2 Å². The molecule has 0 bridgehead atoms. The Morgan fingerprint density at radius 3 is 2.88 bits per heavy atom. The van der Waals surface area contributed by atoms with E-state index in [2.05, 4.69) is 40.4 Å². The second-order valence-corrected chi connectivity index (χ2v) is 7.76. The maximum atomic E-state index is 12.5. The van der Waals surface area contributed by atoms with Gasteiger partial charge in [-0.2, -0.15) is 5.10 Å². The van der Waals surface area contributed by atoms with Crippen molar-refractivity contribution in [3.8, 4) is 11.3 Å². The van der Waals surface area contributed by atoms with Gasteiger partial charge in [0.1, 0.15) is 0 Å². The van der Waals surface area contributed by atoms with E-state index in [1.165, 1.54) is 21.1 Å². The third-order valence-corrected chi connectivity index (χ3v) is 5.45. The third kappa shape index (κ3) is 2.61. The van der Waals surface area contributed by atoms with Crippen LogP contribution in [0, 0.1) is 13.8 Å². The number of hydrogen-bond acceptors (Lipinski definition) is 5. The topological polar surface area (TPSA) is 70.7 Å². The van der Waals surface area contributed by atoms with Gasteiger partial charge in [0.25, 0.3) is 5.91 Å². The van der Waals surface area contributed by atoms with Gasteiger partial charge in [0.2, 0.25) is 0 Å². The average molecular weight is 354 g/mol. The number of thiophene rings is 1. The van der Waals surface area contributed by atoms with Gasteiger partial charge in [-0.05, 0) is 26.0 Å². The number of benzene rings is 1. The van der Waals surface area contributed by atoms with E-state index in [-0.39, 0.29) is 5.91 Å². The molecular weight excluding hydrogens is 340 g/mol. The summed E-state index contributed by atoms with van der Waals surface area (Å²) in [4.78, 5) is 19.5. The molecule has 0 aliphatic carbocycles. The molecule has 0 fully saturated rings. The highest BCUT2D eigenvalue weighted by Gasteiger charge is 2.16. The number of nitrogens with one attached hydrogen (secondary N) is 2. The van der Waals surface area contributed by atoms with Crippen molar-refractivity contribution in [2.75, 3.05) is 5.32 Å². The molecule has 0 saturated heterocycles. The molecule has 3 heterocycles. The van der Waals surface area contributed by atoms with E-state index in [4.69, 9.17) is 0 Å². The first kappa shape index (κ1) is 15.0. The number of nitrogens with zero attached hydrogens (tertiary/aromatic N) is 2. The number of H-pyrrole nitrogens is 1. The standard InChI is InChI=1S/C17H14N4OS2/c1-9-7-12(10(2)24-9)14-8-23-17(18-14)19-16(22)15-11-5-3-4-6-13(11)20-21-15/h3-8H,1-2H3,(H,20,21)(H,18,19,22). The van der Waals surface area contributed by atoms with Gasteiger partial charge in [0, 0.05) is 26.1 Å². The molecule has 3 aromatic heterocycles. The summed E-state index contributed by atoms with van der Waals surface area (Å²) in [5.74, 6) is -0.258. The number of anilines is 1. The fourth-order valence-electron chi connectivity index (χ4n) is 2.63. The Morgan fingerprint density at radius 1 is 1.25 bits per heavy atom. The van der Waals surface area contributed by atoms with E-state index in [1.807, 2.05) is 29.6 Å². The first-order valence-electron chi connectivity index (χ1n) is 7.39. The molecular formula is C17H14N4OS2. The number of amides is 1. The van der Waals surface area contributed by atoms with Crippen molar-refractivity contribution in [3.05, 3.63) is 51.2 Å². The van der Waals surface area contributed by atoms with Gasteiger partial charge in [-0.15, -0.1) is 22.7 Å². The Kier molecular flexibility index (Phi) is 3.66. The number of carbonyl (C=O) groups excluding carboxylic acids is 1. The number of hydrogen-bond donors (Lipinski definition) is 2. The number of aromatic amines is 1. The molecule has 7 heteroatoms. The summed E-state index contributed by atoms with van der Waals surface area (Å²) in [6, 6.07) is 9.68. The molecule has 2 N–H and O–H groups in total. The minimum absolute atomic E-state index is 0.258. The molecule has 24 heavy (non-hydrogen) atoms. The first-order valence-corrected chi connectivity index (χ1v) is 9.09. The smallest absolute Gasteiger partial charge is 0.278 e. The van der Waals surface area contributed by atoms with E-state index in [0.717, 1.165) is 22.2 Å². The average Bonchev–Trinajstić information content (AvgIpc) is 3.25. The summed E-state index contributed by atoms with van der Waals surface area (Å²) in [6.45, 7) is 4.17. The van der Waals surface area contributed by atoms with E-state index in [0.29, 0.717) is 10.8 Å². The second kappa shape index (κ2) is 5.85. The van der Waals surface area contributed by atoms with Crippen LogP contribution in [-0.4, -0.2) is 21.1 Å². The van der Waals surface area contributed by atoms with Gasteiger partial charge < -0.3 is 0 Å².